The molecule has 1 aromatic rings. The molecule has 0 saturated carbocycles. The van der Waals surface area contributed by atoms with Gasteiger partial charge in [0.15, 0.2) is 15.6 Å². The second-order valence-corrected chi connectivity index (χ2v) is 5.67. The quantitative estimate of drug-likeness (QED) is 0.735. The summed E-state index contributed by atoms with van der Waals surface area (Å²) in [4.78, 5) is 11.9. The average molecular weight is 258 g/mol. The Morgan fingerprint density at radius 3 is 2.00 bits per heavy atom. The van der Waals surface area contributed by atoms with Crippen LogP contribution < -0.4 is 9.47 Å². The van der Waals surface area contributed by atoms with Crippen LogP contribution in [0.1, 0.15) is 10.4 Å². The standard InChI is InChI=1S/C11H14O5S/c1-15-9-5-4-6-10(16-2)11(9)8(12)7-17(3,13)14/h4-6H,7H2,1-3H3. The van der Waals surface area contributed by atoms with E-state index in [1.807, 2.05) is 0 Å². The molecule has 0 heterocycles. The maximum atomic E-state index is 11.9. The van der Waals surface area contributed by atoms with E-state index >= 15 is 0 Å². The second kappa shape index (κ2) is 5.18. The Kier molecular flexibility index (Phi) is 4.11. The first-order valence-corrected chi connectivity index (χ1v) is 6.87. The summed E-state index contributed by atoms with van der Waals surface area (Å²) in [6.45, 7) is 0. The lowest BCUT2D eigenvalue weighted by atomic mass is 10.1. The predicted octanol–water partition coefficient (Wildman–Crippen LogP) is 0.931. The van der Waals surface area contributed by atoms with E-state index in [1.165, 1.54) is 14.2 Å². The number of sulfone groups is 1. The second-order valence-electron chi connectivity index (χ2n) is 3.53. The molecule has 0 radical (unpaired) electrons. The first-order valence-electron chi connectivity index (χ1n) is 4.81. The molecule has 5 nitrogen and oxygen atoms in total. The van der Waals surface area contributed by atoms with Crippen molar-refractivity contribution in [3.8, 4) is 11.5 Å². The van der Waals surface area contributed by atoms with E-state index in [9.17, 15) is 13.2 Å². The molecule has 0 aromatic heterocycles. The molecule has 0 saturated heterocycles. The van der Waals surface area contributed by atoms with Gasteiger partial charge in [-0.15, -0.1) is 0 Å². The van der Waals surface area contributed by atoms with Crippen LogP contribution >= 0.6 is 0 Å². The molecule has 0 unspecified atom stereocenters. The van der Waals surface area contributed by atoms with E-state index in [0.717, 1.165) is 6.26 Å². The van der Waals surface area contributed by atoms with Crippen LogP contribution in [0.5, 0.6) is 11.5 Å². The van der Waals surface area contributed by atoms with Crippen molar-refractivity contribution in [3.63, 3.8) is 0 Å². The lowest BCUT2D eigenvalue weighted by Crippen LogP contribution is -2.16. The number of carbonyl (C=O) groups is 1. The zero-order chi connectivity index (χ0) is 13.1. The van der Waals surface area contributed by atoms with Crippen LogP contribution in [-0.4, -0.2) is 40.4 Å². The Morgan fingerprint density at radius 2 is 1.65 bits per heavy atom. The Morgan fingerprint density at radius 1 is 1.18 bits per heavy atom. The number of methoxy groups -OCH3 is 2. The molecule has 0 aliphatic heterocycles. The number of benzene rings is 1. The molecular formula is C11H14O5S. The fourth-order valence-corrected chi connectivity index (χ4v) is 2.06. The summed E-state index contributed by atoms with van der Waals surface area (Å²) in [6, 6.07) is 4.82. The molecule has 0 aliphatic carbocycles. The Labute approximate surface area is 100 Å². The van der Waals surface area contributed by atoms with E-state index in [1.54, 1.807) is 18.2 Å². The number of hydrogen-bond acceptors (Lipinski definition) is 5. The van der Waals surface area contributed by atoms with Gasteiger partial charge in [0.05, 0.1) is 14.2 Å². The molecule has 0 amide bonds. The summed E-state index contributed by atoms with van der Waals surface area (Å²) in [5.74, 6) is -0.498. The summed E-state index contributed by atoms with van der Waals surface area (Å²) in [6.07, 6.45) is 1.01. The third-order valence-electron chi connectivity index (χ3n) is 2.10. The minimum atomic E-state index is -3.38. The molecule has 1 rings (SSSR count). The molecule has 94 valence electrons. The summed E-state index contributed by atoms with van der Waals surface area (Å²) >= 11 is 0. The minimum Gasteiger partial charge on any atom is -0.496 e. The van der Waals surface area contributed by atoms with Gasteiger partial charge < -0.3 is 9.47 Å². The third kappa shape index (κ3) is 3.45. The number of rotatable bonds is 5. The van der Waals surface area contributed by atoms with Crippen LogP contribution in [0.25, 0.3) is 0 Å². The molecule has 17 heavy (non-hydrogen) atoms. The number of ether oxygens (including phenoxy) is 2. The monoisotopic (exact) mass is 258 g/mol. The largest absolute Gasteiger partial charge is 0.496 e. The van der Waals surface area contributed by atoms with Crippen molar-refractivity contribution in [2.45, 2.75) is 0 Å². The number of Topliss-reactive ketones (excluding diaryl/α,β-unsaturated/α-hetero) is 1. The van der Waals surface area contributed by atoms with Gasteiger partial charge >= 0.3 is 0 Å². The van der Waals surface area contributed by atoms with Gasteiger partial charge in [-0.25, -0.2) is 8.42 Å². The molecule has 6 heteroatoms. The highest BCUT2D eigenvalue weighted by molar-refractivity contribution is 7.91. The average Bonchev–Trinajstić information content (AvgIpc) is 2.25. The molecule has 0 atom stereocenters. The SMILES string of the molecule is COc1cccc(OC)c1C(=O)CS(C)(=O)=O. The maximum absolute atomic E-state index is 11.9. The van der Waals surface area contributed by atoms with E-state index in [2.05, 4.69) is 0 Å². The van der Waals surface area contributed by atoms with Gasteiger partial charge in [0.2, 0.25) is 0 Å². The fourth-order valence-electron chi connectivity index (χ4n) is 1.44. The number of carbonyl (C=O) groups excluding carboxylic acids is 1. The van der Waals surface area contributed by atoms with Crippen LogP contribution in [-0.2, 0) is 9.84 Å². The van der Waals surface area contributed by atoms with Crippen LogP contribution in [0.2, 0.25) is 0 Å². The number of hydrogen-bond donors (Lipinski definition) is 0. The van der Waals surface area contributed by atoms with E-state index in [0.29, 0.717) is 11.5 Å². The van der Waals surface area contributed by atoms with Crippen LogP contribution in [0.4, 0.5) is 0 Å². The van der Waals surface area contributed by atoms with Crippen molar-refractivity contribution >= 4 is 15.6 Å². The Bertz CT molecular complexity index is 496. The molecule has 0 spiro atoms. The van der Waals surface area contributed by atoms with Gasteiger partial charge in [0.1, 0.15) is 22.8 Å². The molecule has 0 fully saturated rings. The van der Waals surface area contributed by atoms with Crippen LogP contribution in [0.3, 0.4) is 0 Å². The normalized spacial score (nSPS) is 11.0. The van der Waals surface area contributed by atoms with Crippen molar-refractivity contribution in [3.05, 3.63) is 23.8 Å². The van der Waals surface area contributed by atoms with Gasteiger partial charge in [0.25, 0.3) is 0 Å². The van der Waals surface area contributed by atoms with Crippen molar-refractivity contribution in [1.82, 2.24) is 0 Å². The zero-order valence-corrected chi connectivity index (χ0v) is 10.7. The first-order chi connectivity index (χ1) is 7.89. The summed E-state index contributed by atoms with van der Waals surface area (Å²) in [7, 11) is -0.565. The van der Waals surface area contributed by atoms with Gasteiger partial charge in [-0.05, 0) is 12.1 Å². The third-order valence-corrected chi connectivity index (χ3v) is 2.89. The van der Waals surface area contributed by atoms with E-state index in [4.69, 9.17) is 9.47 Å². The Hall–Kier alpha value is -1.56. The summed E-state index contributed by atoms with van der Waals surface area (Å²) in [5.41, 5.74) is 0.155. The van der Waals surface area contributed by atoms with Crippen molar-refractivity contribution in [1.29, 1.82) is 0 Å². The summed E-state index contributed by atoms with van der Waals surface area (Å²) < 4.78 is 32.3. The minimum absolute atomic E-state index is 0.155. The predicted molar refractivity (Wildman–Crippen MR) is 63.6 cm³/mol. The topological polar surface area (TPSA) is 69.7 Å². The smallest absolute Gasteiger partial charge is 0.185 e. The van der Waals surface area contributed by atoms with Crippen LogP contribution in [0.15, 0.2) is 18.2 Å². The van der Waals surface area contributed by atoms with Crippen molar-refractivity contribution in [2.24, 2.45) is 0 Å². The summed E-state index contributed by atoms with van der Waals surface area (Å²) in [5, 5.41) is 0. The lowest BCUT2D eigenvalue weighted by molar-refractivity contribution is 0.101. The van der Waals surface area contributed by atoms with Crippen molar-refractivity contribution < 1.29 is 22.7 Å². The highest BCUT2D eigenvalue weighted by atomic mass is 32.2. The fraction of sp³-hybridized carbons (Fsp3) is 0.364. The lowest BCUT2D eigenvalue weighted by Gasteiger charge is -2.11. The van der Waals surface area contributed by atoms with Crippen LogP contribution in [0, 0.1) is 0 Å². The number of ketones is 1. The Balaban J connectivity index is 3.23. The zero-order valence-electron chi connectivity index (χ0n) is 9.89. The van der Waals surface area contributed by atoms with E-state index < -0.39 is 21.4 Å². The molecule has 0 bridgehead atoms. The van der Waals surface area contributed by atoms with Gasteiger partial charge in [-0.2, -0.15) is 0 Å². The maximum Gasteiger partial charge on any atom is 0.185 e. The molecule has 1 aromatic carbocycles. The van der Waals surface area contributed by atoms with E-state index in [-0.39, 0.29) is 5.56 Å². The van der Waals surface area contributed by atoms with Gasteiger partial charge in [-0.1, -0.05) is 6.07 Å². The molecule has 0 N–H and O–H groups in total. The van der Waals surface area contributed by atoms with Gasteiger partial charge in [-0.3, -0.25) is 4.79 Å². The first kappa shape index (κ1) is 13.5. The van der Waals surface area contributed by atoms with Crippen molar-refractivity contribution in [2.75, 3.05) is 26.2 Å². The molecule has 0 aliphatic rings. The highest BCUT2D eigenvalue weighted by Gasteiger charge is 2.21. The highest BCUT2D eigenvalue weighted by Crippen LogP contribution is 2.28. The van der Waals surface area contributed by atoms with Gasteiger partial charge in [0, 0.05) is 6.26 Å². The molecular weight excluding hydrogens is 244 g/mol.